The van der Waals surface area contributed by atoms with Crippen LogP contribution in [0.15, 0.2) is 6.20 Å². The van der Waals surface area contributed by atoms with E-state index in [1.54, 1.807) is 6.20 Å². The average Bonchev–Trinajstić information content (AvgIpc) is 2.32. The number of nitrogens with zero attached hydrogens (tertiary/aromatic N) is 2. The standard InChI is InChI=1S/C12H20N4/c1-9-7-15-12(13)16-11(9)14-8-10-5-3-2-4-6-10/h7,10H,2-6,8H2,1H3,(H3,13,14,15,16). The first-order valence-corrected chi connectivity index (χ1v) is 6.08. The third-order valence-electron chi connectivity index (χ3n) is 3.27. The van der Waals surface area contributed by atoms with Gasteiger partial charge in [-0.1, -0.05) is 19.3 Å². The van der Waals surface area contributed by atoms with Crippen LogP contribution >= 0.6 is 0 Å². The van der Waals surface area contributed by atoms with Crippen molar-refractivity contribution in [1.29, 1.82) is 0 Å². The van der Waals surface area contributed by atoms with E-state index in [0.29, 0.717) is 5.95 Å². The van der Waals surface area contributed by atoms with E-state index in [1.165, 1.54) is 32.1 Å². The zero-order valence-corrected chi connectivity index (χ0v) is 9.87. The number of aromatic nitrogens is 2. The first-order chi connectivity index (χ1) is 7.75. The monoisotopic (exact) mass is 220 g/mol. The number of nitrogens with two attached hydrogens (primary N) is 1. The van der Waals surface area contributed by atoms with E-state index >= 15 is 0 Å². The van der Waals surface area contributed by atoms with Crippen molar-refractivity contribution in [2.75, 3.05) is 17.6 Å². The van der Waals surface area contributed by atoms with Gasteiger partial charge in [0.1, 0.15) is 5.82 Å². The van der Waals surface area contributed by atoms with Gasteiger partial charge in [-0.05, 0) is 25.7 Å². The molecule has 0 aromatic carbocycles. The van der Waals surface area contributed by atoms with Gasteiger partial charge in [-0.2, -0.15) is 4.98 Å². The summed E-state index contributed by atoms with van der Waals surface area (Å²) >= 11 is 0. The molecule has 1 aromatic rings. The van der Waals surface area contributed by atoms with Crippen molar-refractivity contribution in [2.24, 2.45) is 5.92 Å². The molecule has 1 aliphatic rings. The summed E-state index contributed by atoms with van der Waals surface area (Å²) in [7, 11) is 0. The molecule has 0 atom stereocenters. The lowest BCUT2D eigenvalue weighted by molar-refractivity contribution is 0.373. The second-order valence-corrected chi connectivity index (χ2v) is 4.64. The zero-order valence-electron chi connectivity index (χ0n) is 9.87. The Kier molecular flexibility index (Phi) is 3.59. The predicted molar refractivity (Wildman–Crippen MR) is 66.2 cm³/mol. The molecule has 0 spiro atoms. The number of hydrogen-bond acceptors (Lipinski definition) is 4. The maximum absolute atomic E-state index is 5.57. The summed E-state index contributed by atoms with van der Waals surface area (Å²) < 4.78 is 0. The van der Waals surface area contributed by atoms with E-state index in [4.69, 9.17) is 5.73 Å². The fourth-order valence-corrected chi connectivity index (χ4v) is 2.27. The van der Waals surface area contributed by atoms with Crippen LogP contribution in [0, 0.1) is 12.8 Å². The van der Waals surface area contributed by atoms with Gasteiger partial charge in [0.05, 0.1) is 0 Å². The highest BCUT2D eigenvalue weighted by molar-refractivity contribution is 5.44. The molecule has 0 amide bonds. The van der Waals surface area contributed by atoms with Gasteiger partial charge in [0.25, 0.3) is 0 Å². The molecule has 0 saturated heterocycles. The Morgan fingerprint density at radius 1 is 1.38 bits per heavy atom. The van der Waals surface area contributed by atoms with Crippen molar-refractivity contribution in [3.63, 3.8) is 0 Å². The van der Waals surface area contributed by atoms with Gasteiger partial charge < -0.3 is 11.1 Å². The highest BCUT2D eigenvalue weighted by atomic mass is 15.1. The molecule has 1 heterocycles. The topological polar surface area (TPSA) is 63.8 Å². The lowest BCUT2D eigenvalue weighted by atomic mass is 9.89. The maximum Gasteiger partial charge on any atom is 0.221 e. The lowest BCUT2D eigenvalue weighted by Crippen LogP contribution is -2.18. The van der Waals surface area contributed by atoms with Crippen LogP contribution in [0.2, 0.25) is 0 Å². The molecule has 16 heavy (non-hydrogen) atoms. The first kappa shape index (κ1) is 11.2. The number of nitrogens with one attached hydrogen (secondary N) is 1. The van der Waals surface area contributed by atoms with Crippen LogP contribution in [0.4, 0.5) is 11.8 Å². The maximum atomic E-state index is 5.57. The Morgan fingerprint density at radius 2 is 2.12 bits per heavy atom. The minimum absolute atomic E-state index is 0.344. The van der Waals surface area contributed by atoms with Crippen LogP contribution in [-0.2, 0) is 0 Å². The molecule has 0 unspecified atom stereocenters. The molecular weight excluding hydrogens is 200 g/mol. The van der Waals surface area contributed by atoms with Crippen LogP contribution in [-0.4, -0.2) is 16.5 Å². The number of rotatable bonds is 3. The molecule has 0 radical (unpaired) electrons. The number of anilines is 2. The molecule has 3 N–H and O–H groups in total. The predicted octanol–water partition coefficient (Wildman–Crippen LogP) is 2.36. The molecule has 1 fully saturated rings. The normalized spacial score (nSPS) is 17.3. The van der Waals surface area contributed by atoms with Crippen molar-refractivity contribution in [2.45, 2.75) is 39.0 Å². The Morgan fingerprint density at radius 3 is 2.88 bits per heavy atom. The van der Waals surface area contributed by atoms with Crippen LogP contribution in [0.3, 0.4) is 0 Å². The molecule has 0 aliphatic heterocycles. The Hall–Kier alpha value is -1.32. The smallest absolute Gasteiger partial charge is 0.221 e. The summed E-state index contributed by atoms with van der Waals surface area (Å²) in [5, 5.41) is 3.39. The van der Waals surface area contributed by atoms with E-state index in [2.05, 4.69) is 15.3 Å². The lowest BCUT2D eigenvalue weighted by Gasteiger charge is -2.22. The van der Waals surface area contributed by atoms with Gasteiger partial charge in [0.15, 0.2) is 0 Å². The fraction of sp³-hybridized carbons (Fsp3) is 0.667. The summed E-state index contributed by atoms with van der Waals surface area (Å²) in [6.45, 7) is 3.01. The molecule has 1 aliphatic carbocycles. The van der Waals surface area contributed by atoms with Crippen molar-refractivity contribution < 1.29 is 0 Å². The Balaban J connectivity index is 1.90. The van der Waals surface area contributed by atoms with Crippen LogP contribution in [0.1, 0.15) is 37.7 Å². The number of nitrogen functional groups attached to an aromatic ring is 1. The second-order valence-electron chi connectivity index (χ2n) is 4.64. The first-order valence-electron chi connectivity index (χ1n) is 6.08. The second kappa shape index (κ2) is 5.14. The summed E-state index contributed by atoms with van der Waals surface area (Å²) in [4.78, 5) is 8.17. The minimum atomic E-state index is 0.344. The fourth-order valence-electron chi connectivity index (χ4n) is 2.27. The quantitative estimate of drug-likeness (QED) is 0.820. The average molecular weight is 220 g/mol. The minimum Gasteiger partial charge on any atom is -0.369 e. The summed E-state index contributed by atoms with van der Waals surface area (Å²) in [5.41, 5.74) is 6.63. The van der Waals surface area contributed by atoms with Gasteiger partial charge in [-0.25, -0.2) is 4.98 Å². The summed E-state index contributed by atoms with van der Waals surface area (Å²) in [6, 6.07) is 0. The molecule has 4 heteroatoms. The molecule has 1 saturated carbocycles. The van der Waals surface area contributed by atoms with E-state index in [9.17, 15) is 0 Å². The van der Waals surface area contributed by atoms with Gasteiger partial charge in [-0.3, -0.25) is 0 Å². The van der Waals surface area contributed by atoms with E-state index < -0.39 is 0 Å². The van der Waals surface area contributed by atoms with Crippen molar-refractivity contribution in [1.82, 2.24) is 9.97 Å². The van der Waals surface area contributed by atoms with Crippen molar-refractivity contribution in [3.8, 4) is 0 Å². The zero-order chi connectivity index (χ0) is 11.4. The Labute approximate surface area is 96.7 Å². The molecular formula is C12H20N4. The van der Waals surface area contributed by atoms with E-state index in [-0.39, 0.29) is 0 Å². The van der Waals surface area contributed by atoms with Crippen LogP contribution in [0.25, 0.3) is 0 Å². The van der Waals surface area contributed by atoms with Gasteiger partial charge in [-0.15, -0.1) is 0 Å². The molecule has 1 aromatic heterocycles. The van der Waals surface area contributed by atoms with E-state index in [0.717, 1.165) is 23.8 Å². The molecule has 0 bridgehead atoms. The number of hydrogen-bond donors (Lipinski definition) is 2. The van der Waals surface area contributed by atoms with Gasteiger partial charge in [0.2, 0.25) is 5.95 Å². The van der Waals surface area contributed by atoms with E-state index in [1.807, 2.05) is 6.92 Å². The third-order valence-corrected chi connectivity index (χ3v) is 3.27. The molecule has 88 valence electrons. The van der Waals surface area contributed by atoms with Gasteiger partial charge in [0, 0.05) is 18.3 Å². The SMILES string of the molecule is Cc1cnc(N)nc1NCC1CCCCC1. The Bertz CT molecular complexity index is 345. The van der Waals surface area contributed by atoms with Crippen LogP contribution in [0.5, 0.6) is 0 Å². The summed E-state index contributed by atoms with van der Waals surface area (Å²) in [5.74, 6) is 2.03. The van der Waals surface area contributed by atoms with Crippen LogP contribution < -0.4 is 11.1 Å². The summed E-state index contributed by atoms with van der Waals surface area (Å²) in [6.07, 6.45) is 8.59. The largest absolute Gasteiger partial charge is 0.369 e. The van der Waals surface area contributed by atoms with Gasteiger partial charge >= 0.3 is 0 Å². The third kappa shape index (κ3) is 2.84. The highest BCUT2D eigenvalue weighted by Gasteiger charge is 2.13. The van der Waals surface area contributed by atoms with Crippen molar-refractivity contribution in [3.05, 3.63) is 11.8 Å². The van der Waals surface area contributed by atoms with Crippen molar-refractivity contribution >= 4 is 11.8 Å². The number of aryl methyl sites for hydroxylation is 1. The molecule has 4 nitrogen and oxygen atoms in total. The highest BCUT2D eigenvalue weighted by Crippen LogP contribution is 2.24. The molecule has 2 rings (SSSR count).